The van der Waals surface area contributed by atoms with Gasteiger partial charge in [0, 0.05) is 25.7 Å². The van der Waals surface area contributed by atoms with Crippen LogP contribution < -0.4 is 15.2 Å². The van der Waals surface area contributed by atoms with E-state index in [1.807, 2.05) is 24.3 Å². The van der Waals surface area contributed by atoms with Crippen LogP contribution in [0.1, 0.15) is 25.7 Å². The van der Waals surface area contributed by atoms with Crippen LogP contribution in [0, 0.1) is 5.92 Å². The van der Waals surface area contributed by atoms with E-state index in [0.29, 0.717) is 12.1 Å². The van der Waals surface area contributed by atoms with Crippen LogP contribution in [-0.2, 0) is 0 Å². The number of hydrogen-bond donors (Lipinski definition) is 1. The van der Waals surface area contributed by atoms with Gasteiger partial charge >= 0.3 is 0 Å². The Labute approximate surface area is 127 Å². The molecular weight excluding hydrogens is 264 g/mol. The second-order valence-electron chi connectivity index (χ2n) is 6.39. The first kappa shape index (κ1) is 14.7. The van der Waals surface area contributed by atoms with Crippen molar-refractivity contribution in [1.29, 1.82) is 0 Å². The first-order valence-corrected chi connectivity index (χ1v) is 8.02. The largest absolute Gasteiger partial charge is 0.493 e. The van der Waals surface area contributed by atoms with E-state index in [1.165, 1.54) is 32.2 Å². The summed E-state index contributed by atoms with van der Waals surface area (Å²) in [6, 6.07) is 8.31. The zero-order valence-electron chi connectivity index (χ0n) is 12.8. The lowest BCUT2D eigenvalue weighted by Gasteiger charge is -2.42. The minimum atomic E-state index is 0.298. The van der Waals surface area contributed by atoms with E-state index in [1.54, 1.807) is 7.11 Å². The van der Waals surface area contributed by atoms with Crippen LogP contribution in [0.3, 0.4) is 0 Å². The van der Waals surface area contributed by atoms with Gasteiger partial charge in [-0.25, -0.2) is 0 Å². The van der Waals surface area contributed by atoms with E-state index in [4.69, 9.17) is 15.2 Å². The summed E-state index contributed by atoms with van der Waals surface area (Å²) in [7, 11) is 1.68. The van der Waals surface area contributed by atoms with Gasteiger partial charge in [0.2, 0.25) is 0 Å². The number of nitrogens with two attached hydrogens (primary N) is 1. The van der Waals surface area contributed by atoms with E-state index in [9.17, 15) is 0 Å². The highest BCUT2D eigenvalue weighted by molar-refractivity contribution is 5.39. The van der Waals surface area contributed by atoms with Gasteiger partial charge in [-0.15, -0.1) is 0 Å². The summed E-state index contributed by atoms with van der Waals surface area (Å²) in [6.45, 7) is 3.26. The smallest absolute Gasteiger partial charge is 0.161 e. The summed E-state index contributed by atoms with van der Waals surface area (Å²) in [5, 5.41) is 0. The highest BCUT2D eigenvalue weighted by Crippen LogP contribution is 2.30. The van der Waals surface area contributed by atoms with Crippen molar-refractivity contribution in [2.45, 2.75) is 37.8 Å². The van der Waals surface area contributed by atoms with E-state index in [2.05, 4.69) is 4.90 Å². The summed E-state index contributed by atoms with van der Waals surface area (Å²) in [6.07, 6.45) is 5.26. The highest BCUT2D eigenvalue weighted by atomic mass is 16.5. The number of ether oxygens (including phenoxy) is 2. The predicted molar refractivity (Wildman–Crippen MR) is 83.8 cm³/mol. The molecule has 1 saturated carbocycles. The van der Waals surface area contributed by atoms with Crippen LogP contribution in [0.4, 0.5) is 0 Å². The van der Waals surface area contributed by atoms with E-state index < -0.39 is 0 Å². The predicted octanol–water partition coefficient (Wildman–Crippen LogP) is 2.28. The van der Waals surface area contributed by atoms with Crippen molar-refractivity contribution in [3.8, 4) is 11.5 Å². The molecule has 0 amide bonds. The summed E-state index contributed by atoms with van der Waals surface area (Å²) in [4.78, 5) is 2.50. The molecule has 1 aliphatic heterocycles. The molecular formula is C17H26N2O2. The molecule has 2 fully saturated rings. The number of nitrogens with zero attached hydrogens (tertiary/aromatic N) is 1. The quantitative estimate of drug-likeness (QED) is 0.904. The lowest BCUT2D eigenvalue weighted by atomic mass is 9.85. The fourth-order valence-electron chi connectivity index (χ4n) is 3.38. The van der Waals surface area contributed by atoms with Crippen molar-refractivity contribution < 1.29 is 9.47 Å². The van der Waals surface area contributed by atoms with Crippen molar-refractivity contribution in [2.75, 3.05) is 26.7 Å². The van der Waals surface area contributed by atoms with Crippen LogP contribution in [0.2, 0.25) is 0 Å². The minimum absolute atomic E-state index is 0.298. The second-order valence-corrected chi connectivity index (χ2v) is 6.39. The van der Waals surface area contributed by atoms with Gasteiger partial charge in [-0.1, -0.05) is 12.1 Å². The SMILES string of the molecule is COc1ccccc1OC1CN(CC2CCC(N)CC2)C1. The van der Waals surface area contributed by atoms with Crippen molar-refractivity contribution in [3.63, 3.8) is 0 Å². The van der Waals surface area contributed by atoms with Crippen molar-refractivity contribution in [1.82, 2.24) is 4.90 Å². The minimum Gasteiger partial charge on any atom is -0.493 e. The molecule has 3 rings (SSSR count). The Hall–Kier alpha value is -1.26. The molecule has 1 aliphatic carbocycles. The summed E-state index contributed by atoms with van der Waals surface area (Å²) in [5.74, 6) is 2.50. The number of rotatable bonds is 5. The standard InChI is InChI=1S/C17H26N2O2/c1-20-16-4-2-3-5-17(16)21-15-11-19(12-15)10-13-6-8-14(18)9-7-13/h2-5,13-15H,6-12,18H2,1H3. The topological polar surface area (TPSA) is 47.7 Å². The monoisotopic (exact) mass is 290 g/mol. The molecule has 0 atom stereocenters. The molecule has 0 radical (unpaired) electrons. The number of benzene rings is 1. The average molecular weight is 290 g/mol. The van der Waals surface area contributed by atoms with Gasteiger partial charge in [0.05, 0.1) is 7.11 Å². The van der Waals surface area contributed by atoms with Gasteiger partial charge < -0.3 is 15.2 Å². The number of methoxy groups -OCH3 is 1. The van der Waals surface area contributed by atoms with Crippen LogP contribution in [0.25, 0.3) is 0 Å². The Bertz CT molecular complexity index is 452. The molecule has 4 nitrogen and oxygen atoms in total. The Kier molecular flexibility index (Phi) is 4.66. The zero-order chi connectivity index (χ0) is 14.7. The fraction of sp³-hybridized carbons (Fsp3) is 0.647. The Morgan fingerprint density at radius 3 is 2.43 bits per heavy atom. The maximum atomic E-state index is 6.02. The number of likely N-dealkylation sites (tertiary alicyclic amines) is 1. The first-order chi connectivity index (χ1) is 10.2. The fourth-order valence-corrected chi connectivity index (χ4v) is 3.38. The average Bonchev–Trinajstić information content (AvgIpc) is 2.47. The molecule has 1 saturated heterocycles. The normalized spacial score (nSPS) is 27.1. The van der Waals surface area contributed by atoms with Gasteiger partial charge in [-0.2, -0.15) is 0 Å². The van der Waals surface area contributed by atoms with Gasteiger partial charge in [0.25, 0.3) is 0 Å². The lowest BCUT2D eigenvalue weighted by molar-refractivity contribution is 0.00493. The zero-order valence-corrected chi connectivity index (χ0v) is 12.8. The van der Waals surface area contributed by atoms with E-state index >= 15 is 0 Å². The number of hydrogen-bond acceptors (Lipinski definition) is 4. The van der Waals surface area contributed by atoms with Gasteiger partial charge in [-0.3, -0.25) is 4.90 Å². The van der Waals surface area contributed by atoms with Gasteiger partial charge in [0.15, 0.2) is 11.5 Å². The molecule has 1 aromatic carbocycles. The van der Waals surface area contributed by atoms with Crippen LogP contribution in [-0.4, -0.2) is 43.8 Å². The van der Waals surface area contributed by atoms with E-state index in [-0.39, 0.29) is 0 Å². The molecule has 2 N–H and O–H groups in total. The maximum absolute atomic E-state index is 6.02. The molecule has 116 valence electrons. The van der Waals surface area contributed by atoms with Crippen LogP contribution in [0.15, 0.2) is 24.3 Å². The maximum Gasteiger partial charge on any atom is 0.161 e. The van der Waals surface area contributed by atoms with Crippen molar-refractivity contribution in [3.05, 3.63) is 24.3 Å². The summed E-state index contributed by atoms with van der Waals surface area (Å²) in [5.41, 5.74) is 5.96. The molecule has 2 aliphatic rings. The number of para-hydroxylation sites is 2. The third-order valence-corrected chi connectivity index (χ3v) is 4.69. The summed E-state index contributed by atoms with van der Waals surface area (Å²) >= 11 is 0. The van der Waals surface area contributed by atoms with Gasteiger partial charge in [0.1, 0.15) is 6.10 Å². The third-order valence-electron chi connectivity index (χ3n) is 4.69. The van der Waals surface area contributed by atoms with Crippen molar-refractivity contribution in [2.24, 2.45) is 11.7 Å². The van der Waals surface area contributed by atoms with Crippen LogP contribution in [0.5, 0.6) is 11.5 Å². The Morgan fingerprint density at radius 1 is 1.10 bits per heavy atom. The molecule has 1 heterocycles. The van der Waals surface area contributed by atoms with Gasteiger partial charge in [-0.05, 0) is 43.7 Å². The third kappa shape index (κ3) is 3.69. The first-order valence-electron chi connectivity index (χ1n) is 8.02. The molecule has 0 unspecified atom stereocenters. The molecule has 21 heavy (non-hydrogen) atoms. The molecule has 0 spiro atoms. The summed E-state index contributed by atoms with van der Waals surface area (Å²) < 4.78 is 11.3. The highest BCUT2D eigenvalue weighted by Gasteiger charge is 2.31. The van der Waals surface area contributed by atoms with Crippen LogP contribution >= 0.6 is 0 Å². The Morgan fingerprint density at radius 2 is 1.76 bits per heavy atom. The second kappa shape index (κ2) is 6.67. The molecule has 0 aromatic heterocycles. The van der Waals surface area contributed by atoms with Crippen molar-refractivity contribution >= 4 is 0 Å². The Balaban J connectivity index is 1.41. The molecule has 0 bridgehead atoms. The van der Waals surface area contributed by atoms with E-state index in [0.717, 1.165) is 30.5 Å². The molecule has 1 aromatic rings. The molecule has 4 heteroatoms. The lowest BCUT2D eigenvalue weighted by Crippen LogP contribution is -2.55.